The van der Waals surface area contributed by atoms with Crippen LogP contribution in [0.5, 0.6) is 0 Å². The first-order valence-corrected chi connectivity index (χ1v) is 8.22. The molecule has 0 saturated carbocycles. The number of carbonyl (C=O) groups is 2. The molecule has 1 aromatic carbocycles. The number of ketones is 1. The third-order valence-corrected chi connectivity index (χ3v) is 3.97. The lowest BCUT2D eigenvalue weighted by Gasteiger charge is -2.10. The SMILES string of the molecule is Cc1ccc(C=CC(=O)c2ccc(NC(=O)NC(C)C)cc2)s1. The number of benzene rings is 1. The second kappa shape index (κ2) is 7.74. The first-order chi connectivity index (χ1) is 10.9. The monoisotopic (exact) mass is 328 g/mol. The summed E-state index contributed by atoms with van der Waals surface area (Å²) in [6.45, 7) is 5.82. The number of rotatable bonds is 5. The molecule has 0 fully saturated rings. The van der Waals surface area contributed by atoms with Gasteiger partial charge in [-0.1, -0.05) is 0 Å². The molecule has 0 bridgehead atoms. The topological polar surface area (TPSA) is 58.2 Å². The predicted octanol–water partition coefficient (Wildman–Crippen LogP) is 4.48. The molecule has 5 heteroatoms. The number of hydrogen-bond acceptors (Lipinski definition) is 3. The van der Waals surface area contributed by atoms with E-state index < -0.39 is 0 Å². The minimum absolute atomic E-state index is 0.0609. The smallest absolute Gasteiger partial charge is 0.319 e. The summed E-state index contributed by atoms with van der Waals surface area (Å²) in [5, 5.41) is 5.46. The van der Waals surface area contributed by atoms with E-state index in [1.807, 2.05) is 39.0 Å². The average molecular weight is 328 g/mol. The van der Waals surface area contributed by atoms with Gasteiger partial charge in [-0.3, -0.25) is 4.79 Å². The third kappa shape index (κ3) is 5.38. The van der Waals surface area contributed by atoms with Crippen LogP contribution in [-0.4, -0.2) is 17.9 Å². The molecule has 4 nitrogen and oxygen atoms in total. The summed E-state index contributed by atoms with van der Waals surface area (Å²) >= 11 is 1.65. The van der Waals surface area contributed by atoms with Gasteiger partial charge in [-0.25, -0.2) is 4.79 Å². The molecule has 120 valence electrons. The van der Waals surface area contributed by atoms with Crippen LogP contribution in [0.2, 0.25) is 0 Å². The number of carbonyl (C=O) groups excluding carboxylic acids is 2. The van der Waals surface area contributed by atoms with E-state index in [4.69, 9.17) is 0 Å². The Kier molecular flexibility index (Phi) is 5.71. The van der Waals surface area contributed by atoms with Gasteiger partial charge in [0.25, 0.3) is 0 Å². The fraction of sp³-hybridized carbons (Fsp3) is 0.222. The number of anilines is 1. The number of nitrogens with one attached hydrogen (secondary N) is 2. The van der Waals surface area contributed by atoms with Gasteiger partial charge >= 0.3 is 6.03 Å². The molecule has 1 heterocycles. The van der Waals surface area contributed by atoms with Crippen molar-refractivity contribution in [3.05, 3.63) is 57.8 Å². The van der Waals surface area contributed by atoms with E-state index in [-0.39, 0.29) is 17.9 Å². The van der Waals surface area contributed by atoms with Crippen molar-refractivity contribution in [1.82, 2.24) is 5.32 Å². The van der Waals surface area contributed by atoms with Crippen molar-refractivity contribution in [1.29, 1.82) is 0 Å². The minimum Gasteiger partial charge on any atom is -0.336 e. The molecule has 23 heavy (non-hydrogen) atoms. The molecule has 0 spiro atoms. The van der Waals surface area contributed by atoms with Crippen LogP contribution in [0.1, 0.15) is 34.0 Å². The first kappa shape index (κ1) is 17.0. The van der Waals surface area contributed by atoms with Crippen LogP contribution in [0.15, 0.2) is 42.5 Å². The van der Waals surface area contributed by atoms with Gasteiger partial charge in [0.1, 0.15) is 0 Å². The van der Waals surface area contributed by atoms with Gasteiger partial charge in [-0.05, 0) is 69.3 Å². The summed E-state index contributed by atoms with van der Waals surface area (Å²) in [6.07, 6.45) is 3.39. The molecular formula is C18H20N2O2S. The number of amides is 2. The van der Waals surface area contributed by atoms with E-state index in [0.717, 1.165) is 4.88 Å². The molecule has 2 N–H and O–H groups in total. The summed E-state index contributed by atoms with van der Waals surface area (Å²) in [5.41, 5.74) is 1.24. The van der Waals surface area contributed by atoms with Crippen LogP contribution >= 0.6 is 11.3 Å². The van der Waals surface area contributed by atoms with Gasteiger partial charge in [0.15, 0.2) is 5.78 Å². The number of urea groups is 1. The van der Waals surface area contributed by atoms with E-state index in [0.29, 0.717) is 11.3 Å². The zero-order chi connectivity index (χ0) is 16.8. The summed E-state index contributed by atoms with van der Waals surface area (Å²) in [7, 11) is 0. The van der Waals surface area contributed by atoms with Gasteiger partial charge in [-0.15, -0.1) is 11.3 Å². The Morgan fingerprint density at radius 1 is 1.09 bits per heavy atom. The number of thiophene rings is 1. The second-order valence-corrected chi connectivity index (χ2v) is 6.80. The van der Waals surface area contributed by atoms with Crippen LogP contribution in [0.4, 0.5) is 10.5 Å². The van der Waals surface area contributed by atoms with E-state index in [2.05, 4.69) is 10.6 Å². The van der Waals surface area contributed by atoms with Crippen molar-refractivity contribution < 1.29 is 9.59 Å². The summed E-state index contributed by atoms with van der Waals surface area (Å²) < 4.78 is 0. The zero-order valence-electron chi connectivity index (χ0n) is 13.4. The van der Waals surface area contributed by atoms with Gasteiger partial charge in [-0.2, -0.15) is 0 Å². The molecule has 0 unspecified atom stereocenters. The fourth-order valence-electron chi connectivity index (χ4n) is 1.94. The van der Waals surface area contributed by atoms with Gasteiger partial charge in [0, 0.05) is 27.0 Å². The van der Waals surface area contributed by atoms with Crippen LogP contribution in [0.25, 0.3) is 6.08 Å². The van der Waals surface area contributed by atoms with Crippen LogP contribution in [-0.2, 0) is 0 Å². The van der Waals surface area contributed by atoms with Crippen molar-refractivity contribution in [3.63, 3.8) is 0 Å². The zero-order valence-corrected chi connectivity index (χ0v) is 14.2. The van der Waals surface area contributed by atoms with E-state index >= 15 is 0 Å². The maximum absolute atomic E-state index is 12.1. The van der Waals surface area contributed by atoms with Crippen LogP contribution < -0.4 is 10.6 Å². The lowest BCUT2D eigenvalue weighted by Crippen LogP contribution is -2.34. The molecule has 0 atom stereocenters. The second-order valence-electron chi connectivity index (χ2n) is 5.48. The third-order valence-electron chi connectivity index (χ3n) is 3.01. The summed E-state index contributed by atoms with van der Waals surface area (Å²) in [6, 6.07) is 10.7. The lowest BCUT2D eigenvalue weighted by atomic mass is 10.1. The Morgan fingerprint density at radius 2 is 1.78 bits per heavy atom. The first-order valence-electron chi connectivity index (χ1n) is 7.40. The quantitative estimate of drug-likeness (QED) is 0.628. The standard InChI is InChI=1S/C18H20N2O2S/c1-12(2)19-18(22)20-15-7-5-14(6-8-15)17(21)11-10-16-9-4-13(3)23-16/h4-12H,1-3H3,(H2,19,20,22). The molecule has 2 rings (SSSR count). The molecule has 0 aliphatic rings. The largest absolute Gasteiger partial charge is 0.336 e. The Morgan fingerprint density at radius 3 is 2.35 bits per heavy atom. The highest BCUT2D eigenvalue weighted by atomic mass is 32.1. The van der Waals surface area contributed by atoms with Gasteiger partial charge in [0.05, 0.1) is 0 Å². The average Bonchev–Trinajstić information content (AvgIpc) is 2.90. The highest BCUT2D eigenvalue weighted by molar-refractivity contribution is 7.12. The Bertz CT molecular complexity index is 715. The fourth-order valence-corrected chi connectivity index (χ4v) is 2.72. The van der Waals surface area contributed by atoms with E-state index in [1.54, 1.807) is 41.7 Å². The molecule has 2 aromatic rings. The number of allylic oxidation sites excluding steroid dienone is 1. The molecule has 1 aromatic heterocycles. The Balaban J connectivity index is 1.97. The normalized spacial score (nSPS) is 11.0. The number of hydrogen-bond donors (Lipinski definition) is 2. The van der Waals surface area contributed by atoms with Crippen molar-refractivity contribution in [2.75, 3.05) is 5.32 Å². The minimum atomic E-state index is -0.257. The maximum Gasteiger partial charge on any atom is 0.319 e. The van der Waals surface area contributed by atoms with Crippen LogP contribution in [0, 0.1) is 6.92 Å². The molecule has 0 aliphatic heterocycles. The highest BCUT2D eigenvalue weighted by Gasteiger charge is 2.05. The lowest BCUT2D eigenvalue weighted by molar-refractivity contribution is 0.104. The highest BCUT2D eigenvalue weighted by Crippen LogP contribution is 2.17. The van der Waals surface area contributed by atoms with Gasteiger partial charge < -0.3 is 10.6 Å². The Hall–Kier alpha value is -2.40. The molecule has 0 saturated heterocycles. The van der Waals surface area contributed by atoms with Gasteiger partial charge in [0.2, 0.25) is 0 Å². The molecule has 0 radical (unpaired) electrons. The van der Waals surface area contributed by atoms with E-state index in [1.165, 1.54) is 4.88 Å². The molecule has 2 amide bonds. The maximum atomic E-state index is 12.1. The van der Waals surface area contributed by atoms with Crippen molar-refractivity contribution in [2.45, 2.75) is 26.8 Å². The van der Waals surface area contributed by atoms with Crippen molar-refractivity contribution in [2.24, 2.45) is 0 Å². The molecule has 0 aliphatic carbocycles. The Labute approximate surface area is 140 Å². The number of aryl methyl sites for hydroxylation is 1. The molecular weight excluding hydrogens is 308 g/mol. The predicted molar refractivity (Wildman–Crippen MR) is 96.2 cm³/mol. The van der Waals surface area contributed by atoms with Crippen molar-refractivity contribution in [3.8, 4) is 0 Å². The summed E-state index contributed by atoms with van der Waals surface area (Å²) in [5.74, 6) is -0.0609. The summed E-state index contributed by atoms with van der Waals surface area (Å²) in [4.78, 5) is 26.0. The van der Waals surface area contributed by atoms with E-state index in [9.17, 15) is 9.59 Å². The van der Waals surface area contributed by atoms with Crippen molar-refractivity contribution >= 4 is 34.9 Å². The van der Waals surface area contributed by atoms with Crippen LogP contribution in [0.3, 0.4) is 0 Å².